The van der Waals surface area contributed by atoms with Gasteiger partial charge in [-0.25, -0.2) is 0 Å². The first-order valence-corrected chi connectivity index (χ1v) is 10.0. The SMILES string of the molecule is C=CC(CCCCC)OC1OC(COC2OCC(O)C(O)C2O)C(O)C(O)C1O. The molecule has 2 aliphatic rings. The summed E-state index contributed by atoms with van der Waals surface area (Å²) in [6.07, 6.45) is -7.36. The van der Waals surface area contributed by atoms with Gasteiger partial charge in [-0.15, -0.1) is 6.58 Å². The van der Waals surface area contributed by atoms with Gasteiger partial charge in [0, 0.05) is 0 Å². The minimum atomic E-state index is -1.53. The van der Waals surface area contributed by atoms with Gasteiger partial charge in [-0.3, -0.25) is 0 Å². The van der Waals surface area contributed by atoms with Gasteiger partial charge in [-0.1, -0.05) is 32.3 Å². The molecule has 0 aromatic carbocycles. The molecule has 10 unspecified atom stereocenters. The van der Waals surface area contributed by atoms with Crippen molar-refractivity contribution in [1.82, 2.24) is 0 Å². The number of aliphatic hydroxyl groups excluding tert-OH is 6. The van der Waals surface area contributed by atoms with Gasteiger partial charge in [0.2, 0.25) is 0 Å². The van der Waals surface area contributed by atoms with Crippen molar-refractivity contribution in [1.29, 1.82) is 0 Å². The van der Waals surface area contributed by atoms with Crippen molar-refractivity contribution < 1.29 is 49.6 Å². The van der Waals surface area contributed by atoms with E-state index in [0.29, 0.717) is 6.42 Å². The van der Waals surface area contributed by atoms with E-state index >= 15 is 0 Å². The molecule has 10 heteroatoms. The van der Waals surface area contributed by atoms with Crippen LogP contribution >= 0.6 is 0 Å². The van der Waals surface area contributed by atoms with Gasteiger partial charge in [0.25, 0.3) is 0 Å². The molecule has 29 heavy (non-hydrogen) atoms. The summed E-state index contributed by atoms with van der Waals surface area (Å²) in [4.78, 5) is 0. The van der Waals surface area contributed by atoms with Gasteiger partial charge in [0.05, 0.1) is 19.3 Å². The Morgan fingerprint density at radius 1 is 0.966 bits per heavy atom. The quantitative estimate of drug-likeness (QED) is 0.179. The molecule has 0 aliphatic carbocycles. The lowest BCUT2D eigenvalue weighted by atomic mass is 9.99. The smallest absolute Gasteiger partial charge is 0.187 e. The summed E-state index contributed by atoms with van der Waals surface area (Å²) >= 11 is 0. The molecule has 2 rings (SSSR count). The van der Waals surface area contributed by atoms with Crippen LogP contribution in [-0.2, 0) is 18.9 Å². The molecule has 0 bridgehead atoms. The van der Waals surface area contributed by atoms with Crippen LogP contribution in [0.2, 0.25) is 0 Å². The number of hydrogen-bond donors (Lipinski definition) is 6. The highest BCUT2D eigenvalue weighted by atomic mass is 16.7. The van der Waals surface area contributed by atoms with E-state index in [-0.39, 0.29) is 13.2 Å². The lowest BCUT2D eigenvalue weighted by Crippen LogP contribution is -2.60. The minimum Gasteiger partial charge on any atom is -0.388 e. The normalized spacial score (nSPS) is 41.8. The van der Waals surface area contributed by atoms with Gasteiger partial charge in [-0.05, 0) is 6.42 Å². The van der Waals surface area contributed by atoms with E-state index in [0.717, 1.165) is 19.3 Å². The Balaban J connectivity index is 1.93. The largest absolute Gasteiger partial charge is 0.388 e. The monoisotopic (exact) mass is 422 g/mol. The second kappa shape index (κ2) is 11.7. The first kappa shape index (κ1) is 24.6. The van der Waals surface area contributed by atoms with E-state index in [1.54, 1.807) is 6.08 Å². The Kier molecular flexibility index (Phi) is 9.89. The zero-order valence-electron chi connectivity index (χ0n) is 16.6. The van der Waals surface area contributed by atoms with Crippen molar-refractivity contribution in [3.05, 3.63) is 12.7 Å². The fourth-order valence-electron chi connectivity index (χ4n) is 3.29. The van der Waals surface area contributed by atoms with Crippen molar-refractivity contribution >= 4 is 0 Å². The number of ether oxygens (including phenoxy) is 4. The molecule has 10 nitrogen and oxygen atoms in total. The highest BCUT2D eigenvalue weighted by Gasteiger charge is 2.46. The third-order valence-corrected chi connectivity index (χ3v) is 5.21. The maximum absolute atomic E-state index is 10.2. The molecular formula is C19H34O10. The molecule has 2 heterocycles. The van der Waals surface area contributed by atoms with Crippen LogP contribution in [-0.4, -0.2) is 105 Å². The fraction of sp³-hybridized carbons (Fsp3) is 0.895. The second-order valence-corrected chi connectivity index (χ2v) is 7.50. The van der Waals surface area contributed by atoms with E-state index in [1.165, 1.54) is 0 Å². The Bertz CT molecular complexity index is 492. The highest BCUT2D eigenvalue weighted by molar-refractivity contribution is 4.91. The molecular weight excluding hydrogens is 388 g/mol. The second-order valence-electron chi connectivity index (χ2n) is 7.50. The van der Waals surface area contributed by atoms with Gasteiger partial charge in [0.15, 0.2) is 12.6 Å². The summed E-state index contributed by atoms with van der Waals surface area (Å²) in [7, 11) is 0. The maximum Gasteiger partial charge on any atom is 0.187 e. The Morgan fingerprint density at radius 2 is 1.66 bits per heavy atom. The predicted octanol–water partition coefficient (Wildman–Crippen LogP) is -1.60. The molecule has 2 fully saturated rings. The number of aliphatic hydroxyl groups is 6. The summed E-state index contributed by atoms with van der Waals surface area (Å²) in [5, 5.41) is 59.6. The van der Waals surface area contributed by atoms with Gasteiger partial charge in [-0.2, -0.15) is 0 Å². The summed E-state index contributed by atoms with van der Waals surface area (Å²) in [5.41, 5.74) is 0. The van der Waals surface area contributed by atoms with Crippen molar-refractivity contribution in [3.8, 4) is 0 Å². The number of hydrogen-bond acceptors (Lipinski definition) is 10. The fourth-order valence-corrected chi connectivity index (χ4v) is 3.29. The van der Waals surface area contributed by atoms with E-state index < -0.39 is 61.4 Å². The molecule has 0 radical (unpaired) electrons. The standard InChI is InChI=1S/C19H34O10/c1-3-5-6-7-10(4-2)28-19-17(25)15(23)14(22)12(29-19)9-27-18-16(24)13(21)11(20)8-26-18/h4,10-25H,2-3,5-9H2,1H3. The third-order valence-electron chi connectivity index (χ3n) is 5.21. The van der Waals surface area contributed by atoms with Gasteiger partial charge in [0.1, 0.15) is 42.7 Å². The Morgan fingerprint density at radius 3 is 2.31 bits per heavy atom. The summed E-state index contributed by atoms with van der Waals surface area (Å²) < 4.78 is 21.8. The maximum atomic E-state index is 10.2. The molecule has 2 saturated heterocycles. The first-order valence-electron chi connectivity index (χ1n) is 10.0. The van der Waals surface area contributed by atoms with Crippen LogP contribution in [0.25, 0.3) is 0 Å². The van der Waals surface area contributed by atoms with Crippen LogP contribution in [0, 0.1) is 0 Å². The molecule has 170 valence electrons. The minimum absolute atomic E-state index is 0.233. The van der Waals surface area contributed by atoms with E-state index in [4.69, 9.17) is 18.9 Å². The Hall–Kier alpha value is -0.660. The molecule has 10 atom stereocenters. The topological polar surface area (TPSA) is 158 Å². The van der Waals surface area contributed by atoms with E-state index in [9.17, 15) is 30.6 Å². The van der Waals surface area contributed by atoms with Crippen molar-refractivity contribution in [2.45, 2.75) is 94.0 Å². The Labute approximate surface area is 170 Å². The molecule has 6 N–H and O–H groups in total. The molecule has 2 aliphatic heterocycles. The average molecular weight is 422 g/mol. The van der Waals surface area contributed by atoms with Crippen molar-refractivity contribution in [2.75, 3.05) is 13.2 Å². The molecule has 0 saturated carbocycles. The third kappa shape index (κ3) is 6.41. The molecule has 0 aromatic rings. The van der Waals surface area contributed by atoms with Crippen LogP contribution in [0.3, 0.4) is 0 Å². The average Bonchev–Trinajstić information content (AvgIpc) is 2.71. The summed E-state index contributed by atoms with van der Waals surface area (Å²) in [6.45, 7) is 5.24. The van der Waals surface area contributed by atoms with Gasteiger partial charge >= 0.3 is 0 Å². The predicted molar refractivity (Wildman–Crippen MR) is 99.6 cm³/mol. The van der Waals surface area contributed by atoms with Gasteiger partial charge < -0.3 is 49.6 Å². The number of unbranched alkanes of at least 4 members (excludes halogenated alkanes) is 2. The van der Waals surface area contributed by atoms with Crippen LogP contribution in [0.4, 0.5) is 0 Å². The first-order chi connectivity index (χ1) is 13.8. The molecule has 0 aromatic heterocycles. The lowest BCUT2D eigenvalue weighted by Gasteiger charge is -2.42. The van der Waals surface area contributed by atoms with E-state index in [2.05, 4.69) is 13.5 Å². The van der Waals surface area contributed by atoms with Crippen molar-refractivity contribution in [2.24, 2.45) is 0 Å². The van der Waals surface area contributed by atoms with Crippen LogP contribution in [0.15, 0.2) is 12.7 Å². The molecule has 0 spiro atoms. The summed E-state index contributed by atoms with van der Waals surface area (Å²) in [6, 6.07) is 0. The van der Waals surface area contributed by atoms with Crippen molar-refractivity contribution in [3.63, 3.8) is 0 Å². The van der Waals surface area contributed by atoms with Crippen LogP contribution in [0.5, 0.6) is 0 Å². The lowest BCUT2D eigenvalue weighted by molar-refractivity contribution is -0.325. The number of rotatable bonds is 10. The van der Waals surface area contributed by atoms with E-state index in [1.807, 2.05) is 0 Å². The highest BCUT2D eigenvalue weighted by Crippen LogP contribution is 2.26. The van der Waals surface area contributed by atoms with Crippen LogP contribution < -0.4 is 0 Å². The zero-order valence-corrected chi connectivity index (χ0v) is 16.6. The van der Waals surface area contributed by atoms with Crippen LogP contribution in [0.1, 0.15) is 32.6 Å². The molecule has 0 amide bonds. The zero-order chi connectivity index (χ0) is 21.6. The summed E-state index contributed by atoms with van der Waals surface area (Å²) in [5.74, 6) is 0.